The van der Waals surface area contributed by atoms with E-state index in [1.807, 2.05) is 11.8 Å². The fourth-order valence-electron chi connectivity index (χ4n) is 2.79. The van der Waals surface area contributed by atoms with Crippen molar-refractivity contribution >= 4 is 38.6 Å². The zero-order valence-electron chi connectivity index (χ0n) is 10.8. The maximum atomic E-state index is 4.83. The molecule has 4 rings (SSSR count). The predicted octanol–water partition coefficient (Wildman–Crippen LogP) is 5.31. The molecule has 0 N–H and O–H groups in total. The van der Waals surface area contributed by atoms with Crippen molar-refractivity contribution in [3.63, 3.8) is 0 Å². The second-order valence-corrected chi connectivity index (χ2v) is 6.90. The summed E-state index contributed by atoms with van der Waals surface area (Å²) in [7, 11) is 0. The van der Waals surface area contributed by atoms with Crippen LogP contribution in [0.4, 0.5) is 0 Å². The van der Waals surface area contributed by atoms with Crippen LogP contribution in [0, 0.1) is 0 Å². The molecule has 1 aromatic heterocycles. The topological polar surface area (TPSA) is 12.9 Å². The lowest BCUT2D eigenvalue weighted by Crippen LogP contribution is -1.93. The van der Waals surface area contributed by atoms with Gasteiger partial charge in [-0.1, -0.05) is 46.3 Å². The third kappa shape index (κ3) is 1.97. The van der Waals surface area contributed by atoms with Crippen LogP contribution in [0.15, 0.2) is 58.0 Å². The third-order valence-electron chi connectivity index (χ3n) is 3.66. The highest BCUT2D eigenvalue weighted by atomic mass is 79.9. The second-order valence-electron chi connectivity index (χ2n) is 4.90. The first-order valence-corrected chi connectivity index (χ1v) is 8.41. The van der Waals surface area contributed by atoms with Crippen molar-refractivity contribution in [3.8, 4) is 11.1 Å². The number of hydrogen-bond acceptors (Lipinski definition) is 2. The van der Waals surface area contributed by atoms with E-state index in [1.54, 1.807) is 0 Å². The summed E-state index contributed by atoms with van der Waals surface area (Å²) in [5.74, 6) is 1.14. The molecule has 0 radical (unpaired) electrons. The Hall–Kier alpha value is -1.32. The van der Waals surface area contributed by atoms with E-state index in [1.165, 1.54) is 27.1 Å². The molecule has 3 heteroatoms. The van der Waals surface area contributed by atoms with E-state index in [9.17, 15) is 0 Å². The van der Waals surface area contributed by atoms with Crippen LogP contribution in [0.5, 0.6) is 0 Å². The first-order valence-electron chi connectivity index (χ1n) is 6.63. The highest BCUT2D eigenvalue weighted by Gasteiger charge is 2.21. The predicted molar refractivity (Wildman–Crippen MR) is 89.3 cm³/mol. The molecule has 3 aromatic rings. The maximum absolute atomic E-state index is 4.83. The molecule has 0 amide bonds. The largest absolute Gasteiger partial charge is 0.241 e. The molecule has 1 aliphatic rings. The Bertz CT molecular complexity index is 799. The fourth-order valence-corrected chi connectivity index (χ4v) is 4.19. The molecule has 0 saturated carbocycles. The highest BCUT2D eigenvalue weighted by Crippen LogP contribution is 2.41. The van der Waals surface area contributed by atoms with Gasteiger partial charge in [0.15, 0.2) is 0 Å². The van der Waals surface area contributed by atoms with Gasteiger partial charge in [0.05, 0.1) is 5.52 Å². The van der Waals surface area contributed by atoms with Crippen molar-refractivity contribution in [3.05, 3.63) is 58.6 Å². The van der Waals surface area contributed by atoms with Crippen molar-refractivity contribution in [1.82, 2.24) is 4.98 Å². The third-order valence-corrected chi connectivity index (χ3v) is 5.18. The van der Waals surface area contributed by atoms with Gasteiger partial charge in [0.25, 0.3) is 0 Å². The van der Waals surface area contributed by atoms with Crippen LogP contribution >= 0.6 is 27.7 Å². The Labute approximate surface area is 130 Å². The van der Waals surface area contributed by atoms with E-state index in [-0.39, 0.29) is 0 Å². The zero-order chi connectivity index (χ0) is 13.5. The average molecular weight is 342 g/mol. The van der Waals surface area contributed by atoms with Gasteiger partial charge < -0.3 is 0 Å². The number of rotatable bonds is 1. The van der Waals surface area contributed by atoms with Crippen LogP contribution in [0.25, 0.3) is 22.0 Å². The summed E-state index contributed by atoms with van der Waals surface area (Å²) in [6.07, 6.45) is 1.11. The van der Waals surface area contributed by atoms with Crippen LogP contribution in [0.1, 0.15) is 5.56 Å². The van der Waals surface area contributed by atoms with Gasteiger partial charge in [0.2, 0.25) is 0 Å². The van der Waals surface area contributed by atoms with Crippen LogP contribution in [-0.2, 0) is 6.42 Å². The van der Waals surface area contributed by atoms with Gasteiger partial charge in [-0.3, -0.25) is 0 Å². The quantitative estimate of drug-likeness (QED) is 0.594. The summed E-state index contributed by atoms with van der Waals surface area (Å²) in [6.45, 7) is 0. The molecule has 0 atom stereocenters. The molecule has 0 unspecified atom stereocenters. The van der Waals surface area contributed by atoms with Crippen molar-refractivity contribution in [2.75, 3.05) is 5.75 Å². The van der Waals surface area contributed by atoms with E-state index in [2.05, 4.69) is 64.5 Å². The van der Waals surface area contributed by atoms with Gasteiger partial charge >= 0.3 is 0 Å². The standard InChI is InChI=1S/C17H12BrNS/c18-12-6-7-15-14(10-12)16(11-4-2-1-3-5-11)13-8-9-20-17(13)19-15/h1-7,10H,8-9H2. The molecule has 0 saturated heterocycles. The minimum absolute atomic E-state index is 1.08. The molecule has 98 valence electrons. The SMILES string of the molecule is Brc1ccc2nc3c(c(-c4ccccc4)c2c1)CCS3. The fraction of sp³-hybridized carbons (Fsp3) is 0.118. The monoisotopic (exact) mass is 341 g/mol. The summed E-state index contributed by atoms with van der Waals surface area (Å²) in [4.78, 5) is 4.83. The lowest BCUT2D eigenvalue weighted by molar-refractivity contribution is 1.08. The Kier molecular flexibility index (Phi) is 3.04. The Morgan fingerprint density at radius 1 is 1.05 bits per heavy atom. The van der Waals surface area contributed by atoms with Crippen molar-refractivity contribution < 1.29 is 0 Å². The maximum Gasteiger partial charge on any atom is 0.101 e. The lowest BCUT2D eigenvalue weighted by atomic mass is 9.95. The molecule has 0 fully saturated rings. The molecule has 0 aliphatic carbocycles. The summed E-state index contributed by atoms with van der Waals surface area (Å²) in [5.41, 5.74) is 5.14. The first-order chi connectivity index (χ1) is 9.83. The van der Waals surface area contributed by atoms with Gasteiger partial charge in [-0.05, 0) is 41.3 Å². The number of nitrogens with zero attached hydrogens (tertiary/aromatic N) is 1. The number of fused-ring (bicyclic) bond motifs is 2. The van der Waals surface area contributed by atoms with Crippen LogP contribution in [-0.4, -0.2) is 10.7 Å². The summed E-state index contributed by atoms with van der Waals surface area (Å²) >= 11 is 5.46. The minimum Gasteiger partial charge on any atom is -0.241 e. The summed E-state index contributed by atoms with van der Waals surface area (Å²) in [6, 6.07) is 17.0. The van der Waals surface area contributed by atoms with Crippen molar-refractivity contribution in [2.24, 2.45) is 0 Å². The summed E-state index contributed by atoms with van der Waals surface area (Å²) < 4.78 is 1.11. The molecule has 0 spiro atoms. The van der Waals surface area contributed by atoms with Crippen LogP contribution in [0.2, 0.25) is 0 Å². The zero-order valence-corrected chi connectivity index (χ0v) is 13.2. The van der Waals surface area contributed by atoms with Crippen molar-refractivity contribution in [1.29, 1.82) is 0 Å². The highest BCUT2D eigenvalue weighted by molar-refractivity contribution is 9.10. The first kappa shape index (κ1) is 12.4. The van der Waals surface area contributed by atoms with Crippen LogP contribution < -0.4 is 0 Å². The van der Waals surface area contributed by atoms with Gasteiger partial charge in [-0.2, -0.15) is 0 Å². The van der Waals surface area contributed by atoms with Gasteiger partial charge in [0, 0.05) is 15.6 Å². The Balaban J connectivity index is 2.13. The number of halogens is 1. The lowest BCUT2D eigenvalue weighted by Gasteiger charge is -2.12. The molecule has 1 nitrogen and oxygen atoms in total. The summed E-state index contributed by atoms with van der Waals surface area (Å²) in [5, 5.41) is 2.45. The number of thioether (sulfide) groups is 1. The molecule has 0 bridgehead atoms. The normalized spacial score (nSPS) is 13.7. The van der Waals surface area contributed by atoms with Gasteiger partial charge in [0.1, 0.15) is 5.03 Å². The van der Waals surface area contributed by atoms with Crippen LogP contribution in [0.3, 0.4) is 0 Å². The Morgan fingerprint density at radius 3 is 2.75 bits per heavy atom. The van der Waals surface area contributed by atoms with E-state index in [0.29, 0.717) is 0 Å². The second kappa shape index (κ2) is 4.90. The molecule has 1 aliphatic heterocycles. The van der Waals surface area contributed by atoms with Gasteiger partial charge in [-0.15, -0.1) is 11.8 Å². The smallest absolute Gasteiger partial charge is 0.101 e. The van der Waals surface area contributed by atoms with Crippen molar-refractivity contribution in [2.45, 2.75) is 11.4 Å². The average Bonchev–Trinajstić information content (AvgIpc) is 2.93. The number of pyridine rings is 1. The Morgan fingerprint density at radius 2 is 1.90 bits per heavy atom. The number of benzene rings is 2. The minimum atomic E-state index is 1.08. The van der Waals surface area contributed by atoms with E-state index in [4.69, 9.17) is 4.98 Å². The van der Waals surface area contributed by atoms with E-state index >= 15 is 0 Å². The number of hydrogen-bond donors (Lipinski definition) is 0. The molecule has 20 heavy (non-hydrogen) atoms. The number of aromatic nitrogens is 1. The molecular formula is C17H12BrNS. The molecular weight excluding hydrogens is 330 g/mol. The molecule has 2 heterocycles. The van der Waals surface area contributed by atoms with E-state index < -0.39 is 0 Å². The molecule has 2 aromatic carbocycles. The van der Waals surface area contributed by atoms with Gasteiger partial charge in [-0.25, -0.2) is 4.98 Å². The van der Waals surface area contributed by atoms with E-state index in [0.717, 1.165) is 22.2 Å².